The summed E-state index contributed by atoms with van der Waals surface area (Å²) in [4.78, 5) is 22.8. The van der Waals surface area contributed by atoms with Gasteiger partial charge in [0.2, 0.25) is 0 Å². The molecule has 0 aromatic heterocycles. The van der Waals surface area contributed by atoms with Crippen LogP contribution >= 0.6 is 15.9 Å². The van der Waals surface area contributed by atoms with Gasteiger partial charge < -0.3 is 10.4 Å². The van der Waals surface area contributed by atoms with Gasteiger partial charge in [-0.2, -0.15) is 0 Å². The van der Waals surface area contributed by atoms with Gasteiger partial charge in [-0.3, -0.25) is 4.79 Å². The molecule has 0 heterocycles. The second-order valence-electron chi connectivity index (χ2n) is 4.68. The Hall–Kier alpha value is -2.40. The van der Waals surface area contributed by atoms with E-state index in [9.17, 15) is 9.59 Å². The first-order chi connectivity index (χ1) is 10.5. The van der Waals surface area contributed by atoms with Crippen molar-refractivity contribution in [3.05, 3.63) is 75.9 Å². The Kier molecular flexibility index (Phi) is 5.12. The number of aryl methyl sites for hydroxylation is 1. The maximum atomic E-state index is 12.0. The Morgan fingerprint density at radius 2 is 1.73 bits per heavy atom. The van der Waals surface area contributed by atoms with Gasteiger partial charge in [-0.15, -0.1) is 0 Å². The highest BCUT2D eigenvalue weighted by Gasteiger charge is 2.05. The summed E-state index contributed by atoms with van der Waals surface area (Å²) in [5.74, 6) is -1.07. The van der Waals surface area contributed by atoms with Crippen molar-refractivity contribution in [2.24, 2.45) is 0 Å². The van der Waals surface area contributed by atoms with Crippen molar-refractivity contribution in [3.63, 3.8) is 0 Å². The van der Waals surface area contributed by atoms with Gasteiger partial charge in [0.15, 0.2) is 5.78 Å². The van der Waals surface area contributed by atoms with Gasteiger partial charge in [0.25, 0.3) is 0 Å². The minimum atomic E-state index is -0.962. The molecule has 0 fully saturated rings. The van der Waals surface area contributed by atoms with Crippen molar-refractivity contribution in [2.45, 2.75) is 6.92 Å². The van der Waals surface area contributed by atoms with E-state index in [2.05, 4.69) is 21.2 Å². The van der Waals surface area contributed by atoms with E-state index in [4.69, 9.17) is 5.11 Å². The number of benzene rings is 2. The van der Waals surface area contributed by atoms with E-state index in [1.54, 1.807) is 37.4 Å². The number of carboxylic acids is 1. The van der Waals surface area contributed by atoms with Crippen LogP contribution in [0.25, 0.3) is 0 Å². The fourth-order valence-corrected chi connectivity index (χ4v) is 2.14. The van der Waals surface area contributed by atoms with Crippen LogP contribution in [-0.4, -0.2) is 16.9 Å². The summed E-state index contributed by atoms with van der Waals surface area (Å²) in [5.41, 5.74) is 2.38. The minimum absolute atomic E-state index is 0.111. The standard InChI is InChI=1S/C17H14BrNO3/c1-11-10-13(17(21)22)4-7-15(11)19-9-8-16(20)12-2-5-14(18)6-3-12/h2-10,19H,1H3,(H,21,22)/b9-8+. The quantitative estimate of drug-likeness (QED) is 0.618. The van der Waals surface area contributed by atoms with Crippen molar-refractivity contribution < 1.29 is 14.7 Å². The molecule has 2 rings (SSSR count). The Balaban J connectivity index is 2.04. The lowest BCUT2D eigenvalue weighted by atomic mass is 10.1. The third-order valence-electron chi connectivity index (χ3n) is 3.08. The molecule has 0 spiro atoms. The molecule has 0 atom stereocenters. The predicted octanol–water partition coefficient (Wildman–Crippen LogP) is 4.26. The zero-order valence-corrected chi connectivity index (χ0v) is 13.4. The molecular formula is C17H14BrNO3. The summed E-state index contributed by atoms with van der Waals surface area (Å²) < 4.78 is 0.917. The second-order valence-corrected chi connectivity index (χ2v) is 5.60. The SMILES string of the molecule is Cc1cc(C(=O)O)ccc1N/C=C/C(=O)c1ccc(Br)cc1. The monoisotopic (exact) mass is 359 g/mol. The molecule has 2 aromatic rings. The Morgan fingerprint density at radius 3 is 2.32 bits per heavy atom. The summed E-state index contributed by atoms with van der Waals surface area (Å²) in [6, 6.07) is 11.9. The smallest absolute Gasteiger partial charge is 0.335 e. The average Bonchev–Trinajstić information content (AvgIpc) is 2.49. The number of hydrogen-bond donors (Lipinski definition) is 2. The summed E-state index contributed by atoms with van der Waals surface area (Å²) in [6.07, 6.45) is 2.99. The van der Waals surface area contributed by atoms with Gasteiger partial charge in [-0.05, 0) is 55.0 Å². The molecule has 5 heteroatoms. The van der Waals surface area contributed by atoms with Crippen LogP contribution in [0.4, 0.5) is 5.69 Å². The Morgan fingerprint density at radius 1 is 1.09 bits per heavy atom. The van der Waals surface area contributed by atoms with Crippen molar-refractivity contribution in [3.8, 4) is 0 Å². The summed E-state index contributed by atoms with van der Waals surface area (Å²) in [6.45, 7) is 1.80. The minimum Gasteiger partial charge on any atom is -0.478 e. The lowest BCUT2D eigenvalue weighted by Crippen LogP contribution is -2.00. The van der Waals surface area contributed by atoms with Crippen LogP contribution in [0, 0.1) is 6.92 Å². The topological polar surface area (TPSA) is 66.4 Å². The molecule has 0 bridgehead atoms. The molecular weight excluding hydrogens is 346 g/mol. The highest BCUT2D eigenvalue weighted by molar-refractivity contribution is 9.10. The predicted molar refractivity (Wildman–Crippen MR) is 89.4 cm³/mol. The van der Waals surface area contributed by atoms with E-state index in [0.29, 0.717) is 5.56 Å². The number of carbonyl (C=O) groups is 2. The highest BCUT2D eigenvalue weighted by Crippen LogP contribution is 2.17. The number of carboxylic acid groups (broad SMARTS) is 1. The number of carbonyl (C=O) groups excluding carboxylic acids is 1. The van der Waals surface area contributed by atoms with Crippen LogP contribution in [-0.2, 0) is 0 Å². The third kappa shape index (κ3) is 4.05. The van der Waals surface area contributed by atoms with E-state index in [-0.39, 0.29) is 11.3 Å². The molecule has 0 aliphatic heterocycles. The van der Waals surface area contributed by atoms with Crippen LogP contribution in [0.15, 0.2) is 59.2 Å². The highest BCUT2D eigenvalue weighted by atomic mass is 79.9. The van der Waals surface area contributed by atoms with Crippen LogP contribution in [0.1, 0.15) is 26.3 Å². The molecule has 0 radical (unpaired) electrons. The van der Waals surface area contributed by atoms with E-state index in [1.807, 2.05) is 12.1 Å². The number of anilines is 1. The van der Waals surface area contributed by atoms with Crippen molar-refractivity contribution in [2.75, 3.05) is 5.32 Å². The number of hydrogen-bond acceptors (Lipinski definition) is 3. The second kappa shape index (κ2) is 7.04. The van der Waals surface area contributed by atoms with E-state index in [1.165, 1.54) is 12.1 Å². The van der Waals surface area contributed by atoms with Crippen molar-refractivity contribution >= 4 is 33.4 Å². The number of rotatable bonds is 5. The first-order valence-electron chi connectivity index (χ1n) is 6.54. The third-order valence-corrected chi connectivity index (χ3v) is 3.60. The average molecular weight is 360 g/mol. The Labute approximate surface area is 136 Å². The van der Waals surface area contributed by atoms with Crippen molar-refractivity contribution in [1.29, 1.82) is 0 Å². The number of aromatic carboxylic acids is 1. The fourth-order valence-electron chi connectivity index (χ4n) is 1.88. The van der Waals surface area contributed by atoms with Crippen LogP contribution in [0.2, 0.25) is 0 Å². The summed E-state index contributed by atoms with van der Waals surface area (Å²) in [5, 5.41) is 11.9. The molecule has 112 valence electrons. The fraction of sp³-hybridized carbons (Fsp3) is 0.0588. The first kappa shape index (κ1) is 16.0. The maximum absolute atomic E-state index is 12.0. The molecule has 0 aliphatic rings. The van der Waals surface area contributed by atoms with E-state index in [0.717, 1.165) is 15.7 Å². The van der Waals surface area contributed by atoms with Gasteiger partial charge in [0.05, 0.1) is 5.56 Å². The molecule has 0 aliphatic carbocycles. The van der Waals surface area contributed by atoms with Crippen molar-refractivity contribution in [1.82, 2.24) is 0 Å². The summed E-state index contributed by atoms with van der Waals surface area (Å²) in [7, 11) is 0. The normalized spacial score (nSPS) is 10.6. The zero-order valence-electron chi connectivity index (χ0n) is 11.8. The van der Waals surface area contributed by atoms with E-state index >= 15 is 0 Å². The Bertz CT molecular complexity index is 736. The van der Waals surface area contributed by atoms with Crippen LogP contribution < -0.4 is 5.32 Å². The molecule has 0 saturated heterocycles. The number of allylic oxidation sites excluding steroid dienone is 1. The molecule has 0 unspecified atom stereocenters. The first-order valence-corrected chi connectivity index (χ1v) is 7.33. The molecule has 0 amide bonds. The molecule has 0 saturated carbocycles. The lowest BCUT2D eigenvalue weighted by Gasteiger charge is -2.06. The zero-order chi connectivity index (χ0) is 16.1. The molecule has 2 aromatic carbocycles. The number of nitrogens with one attached hydrogen (secondary N) is 1. The van der Waals surface area contributed by atoms with Gasteiger partial charge >= 0.3 is 5.97 Å². The maximum Gasteiger partial charge on any atom is 0.335 e. The molecule has 4 nitrogen and oxygen atoms in total. The lowest BCUT2D eigenvalue weighted by molar-refractivity contribution is 0.0696. The largest absolute Gasteiger partial charge is 0.478 e. The number of halogens is 1. The van der Waals surface area contributed by atoms with Gasteiger partial charge in [-0.25, -0.2) is 4.79 Å². The van der Waals surface area contributed by atoms with Crippen LogP contribution in [0.3, 0.4) is 0 Å². The van der Waals surface area contributed by atoms with Gasteiger partial charge in [-0.1, -0.05) is 15.9 Å². The molecule has 2 N–H and O–H groups in total. The van der Waals surface area contributed by atoms with Gasteiger partial charge in [0, 0.05) is 28.0 Å². The number of ketones is 1. The van der Waals surface area contributed by atoms with Crippen LogP contribution in [0.5, 0.6) is 0 Å². The van der Waals surface area contributed by atoms with Gasteiger partial charge in [0.1, 0.15) is 0 Å². The van der Waals surface area contributed by atoms with E-state index < -0.39 is 5.97 Å². The summed E-state index contributed by atoms with van der Waals surface area (Å²) >= 11 is 3.32. The molecule has 22 heavy (non-hydrogen) atoms.